The summed E-state index contributed by atoms with van der Waals surface area (Å²) in [4.78, 5) is 36.9. The van der Waals surface area contributed by atoms with Gasteiger partial charge in [-0.15, -0.1) is 11.3 Å². The highest BCUT2D eigenvalue weighted by Gasteiger charge is 2.28. The summed E-state index contributed by atoms with van der Waals surface area (Å²) in [6.07, 6.45) is 0.903. The van der Waals surface area contributed by atoms with Gasteiger partial charge in [-0.1, -0.05) is 12.1 Å². The summed E-state index contributed by atoms with van der Waals surface area (Å²) in [5.74, 6) is -1.82. The van der Waals surface area contributed by atoms with E-state index in [9.17, 15) is 19.5 Å². The molecule has 34 heavy (non-hydrogen) atoms. The van der Waals surface area contributed by atoms with Crippen molar-refractivity contribution in [3.63, 3.8) is 0 Å². The van der Waals surface area contributed by atoms with Crippen LogP contribution in [0.25, 0.3) is 10.4 Å². The maximum Gasteiger partial charge on any atom is 0.410 e. The number of piperidine rings is 1. The minimum absolute atomic E-state index is 0.0178. The van der Waals surface area contributed by atoms with Crippen LogP contribution in [0.5, 0.6) is 11.5 Å². The van der Waals surface area contributed by atoms with E-state index < -0.39 is 24.1 Å². The zero-order valence-corrected chi connectivity index (χ0v) is 21.4. The third-order valence-corrected chi connectivity index (χ3v) is 7.06. The Balaban J connectivity index is 1.70. The van der Waals surface area contributed by atoms with Crippen molar-refractivity contribution in [1.82, 2.24) is 4.90 Å². The minimum atomic E-state index is -1.21. The van der Waals surface area contributed by atoms with Gasteiger partial charge in [0.25, 0.3) is 0 Å². The van der Waals surface area contributed by atoms with Gasteiger partial charge in [-0.05, 0) is 54.4 Å². The fraction of sp³-hybridized carbons (Fsp3) is 0.435. The Morgan fingerprint density at radius 1 is 1.18 bits per heavy atom. The predicted octanol–water partition coefficient (Wildman–Crippen LogP) is 5.12. The summed E-state index contributed by atoms with van der Waals surface area (Å²) in [6, 6.07) is 7.21. The SMILES string of the molecule is CC(C)(C)OC(=O)N1CCC(Oc2cccc(-c3sc(C(=O)O)c(OCC(=O)O)c3Br)c2)CC1. The maximum atomic E-state index is 12.2. The number of aliphatic carboxylic acids is 1. The molecule has 0 bridgehead atoms. The van der Waals surface area contributed by atoms with Crippen LogP contribution in [0.2, 0.25) is 0 Å². The van der Waals surface area contributed by atoms with Crippen LogP contribution in [-0.4, -0.2) is 64.5 Å². The number of carbonyl (C=O) groups is 3. The third kappa shape index (κ3) is 6.63. The van der Waals surface area contributed by atoms with E-state index in [0.717, 1.165) is 11.3 Å². The average Bonchev–Trinajstić information content (AvgIpc) is 3.08. The van der Waals surface area contributed by atoms with Gasteiger partial charge in [0, 0.05) is 25.9 Å². The van der Waals surface area contributed by atoms with Gasteiger partial charge in [0.1, 0.15) is 17.5 Å². The average molecular weight is 556 g/mol. The lowest BCUT2D eigenvalue weighted by Gasteiger charge is -2.33. The minimum Gasteiger partial charge on any atom is -0.490 e. The number of hydrogen-bond donors (Lipinski definition) is 2. The highest BCUT2D eigenvalue weighted by atomic mass is 79.9. The number of rotatable bonds is 7. The lowest BCUT2D eigenvalue weighted by molar-refractivity contribution is -0.139. The van der Waals surface area contributed by atoms with Crippen molar-refractivity contribution >= 4 is 45.3 Å². The molecule has 9 nitrogen and oxygen atoms in total. The standard InChI is InChI=1S/C23H26BrNO8S/c1-23(2,3)33-22(30)25-9-7-14(8-10-25)32-15-6-4-5-13(11-15)19-17(24)18(31-12-16(26)27)20(34-19)21(28)29/h4-6,11,14H,7-10,12H2,1-3H3,(H,26,27)(H,28,29). The van der Waals surface area contributed by atoms with Crippen molar-refractivity contribution < 1.29 is 38.8 Å². The monoisotopic (exact) mass is 555 g/mol. The van der Waals surface area contributed by atoms with Crippen LogP contribution >= 0.6 is 27.3 Å². The molecule has 0 radical (unpaired) electrons. The molecule has 2 heterocycles. The van der Waals surface area contributed by atoms with Gasteiger partial charge in [-0.2, -0.15) is 0 Å². The van der Waals surface area contributed by atoms with Crippen molar-refractivity contribution in [1.29, 1.82) is 0 Å². The number of amides is 1. The Bertz CT molecular complexity index is 1070. The molecule has 0 atom stereocenters. The molecule has 1 aromatic heterocycles. The van der Waals surface area contributed by atoms with Crippen molar-refractivity contribution in [2.75, 3.05) is 19.7 Å². The molecular weight excluding hydrogens is 530 g/mol. The molecule has 2 aromatic rings. The lowest BCUT2D eigenvalue weighted by Crippen LogP contribution is -2.44. The van der Waals surface area contributed by atoms with Crippen LogP contribution in [0.3, 0.4) is 0 Å². The van der Waals surface area contributed by atoms with Gasteiger partial charge in [-0.25, -0.2) is 14.4 Å². The first-order valence-electron chi connectivity index (χ1n) is 10.6. The van der Waals surface area contributed by atoms with E-state index in [-0.39, 0.29) is 22.8 Å². The van der Waals surface area contributed by atoms with E-state index in [0.29, 0.717) is 46.6 Å². The van der Waals surface area contributed by atoms with E-state index in [1.807, 2.05) is 26.8 Å². The summed E-state index contributed by atoms with van der Waals surface area (Å²) < 4.78 is 17.1. The normalized spacial score (nSPS) is 14.5. The molecule has 1 aromatic carbocycles. The van der Waals surface area contributed by atoms with Gasteiger partial charge in [0.2, 0.25) is 0 Å². The second-order valence-corrected chi connectivity index (χ2v) is 10.5. The second-order valence-electron chi connectivity index (χ2n) is 8.70. The van der Waals surface area contributed by atoms with Gasteiger partial charge in [0.15, 0.2) is 17.2 Å². The first kappa shape index (κ1) is 25.8. The molecule has 11 heteroatoms. The highest BCUT2D eigenvalue weighted by molar-refractivity contribution is 9.10. The van der Waals surface area contributed by atoms with Crippen molar-refractivity contribution in [3.05, 3.63) is 33.6 Å². The summed E-state index contributed by atoms with van der Waals surface area (Å²) in [5, 5.41) is 18.4. The topological polar surface area (TPSA) is 123 Å². The molecule has 184 valence electrons. The Labute approximate surface area is 209 Å². The Hall–Kier alpha value is -2.79. The van der Waals surface area contributed by atoms with Crippen LogP contribution in [-0.2, 0) is 9.53 Å². The number of halogens is 1. The van der Waals surface area contributed by atoms with Gasteiger partial charge in [0.05, 0.1) is 9.35 Å². The Morgan fingerprint density at radius 2 is 1.85 bits per heavy atom. The van der Waals surface area contributed by atoms with E-state index in [2.05, 4.69) is 15.9 Å². The molecule has 1 aliphatic rings. The number of thiophene rings is 1. The largest absolute Gasteiger partial charge is 0.490 e. The Morgan fingerprint density at radius 3 is 2.44 bits per heavy atom. The van der Waals surface area contributed by atoms with E-state index in [1.165, 1.54) is 0 Å². The van der Waals surface area contributed by atoms with Crippen LogP contribution in [0.4, 0.5) is 4.79 Å². The van der Waals surface area contributed by atoms with Crippen LogP contribution in [0.1, 0.15) is 43.3 Å². The van der Waals surface area contributed by atoms with Crippen LogP contribution < -0.4 is 9.47 Å². The Kier molecular flexibility index (Phi) is 8.09. The number of hydrogen-bond acceptors (Lipinski definition) is 7. The molecule has 1 fully saturated rings. The molecular formula is C23H26BrNO8S. The zero-order valence-electron chi connectivity index (χ0n) is 19.0. The highest BCUT2D eigenvalue weighted by Crippen LogP contribution is 2.46. The van der Waals surface area contributed by atoms with E-state index >= 15 is 0 Å². The van der Waals surface area contributed by atoms with Gasteiger partial charge in [-0.3, -0.25) is 0 Å². The second kappa shape index (κ2) is 10.6. The quantitative estimate of drug-likeness (QED) is 0.482. The number of carboxylic acid groups (broad SMARTS) is 2. The van der Waals surface area contributed by atoms with Gasteiger partial charge >= 0.3 is 18.0 Å². The molecule has 0 unspecified atom stereocenters. The summed E-state index contributed by atoms with van der Waals surface area (Å²) >= 11 is 4.34. The predicted molar refractivity (Wildman–Crippen MR) is 129 cm³/mol. The molecule has 0 saturated carbocycles. The molecule has 0 aliphatic carbocycles. The van der Waals surface area contributed by atoms with Crippen molar-refractivity contribution in [3.8, 4) is 21.9 Å². The number of benzene rings is 1. The summed E-state index contributed by atoms with van der Waals surface area (Å²) in [6.45, 7) is 5.91. The van der Waals surface area contributed by atoms with E-state index in [4.69, 9.17) is 19.3 Å². The number of nitrogens with zero attached hydrogens (tertiary/aromatic N) is 1. The van der Waals surface area contributed by atoms with Gasteiger partial charge < -0.3 is 29.3 Å². The molecule has 1 saturated heterocycles. The van der Waals surface area contributed by atoms with Crippen molar-refractivity contribution in [2.45, 2.75) is 45.3 Å². The first-order chi connectivity index (χ1) is 15.9. The number of carbonyl (C=O) groups excluding carboxylic acids is 1. The van der Waals surface area contributed by atoms with Crippen LogP contribution in [0, 0.1) is 0 Å². The molecule has 0 spiro atoms. The third-order valence-electron chi connectivity index (χ3n) is 4.84. The molecule has 3 rings (SSSR count). The number of likely N-dealkylation sites (tertiary alicyclic amines) is 1. The summed E-state index contributed by atoms with van der Waals surface area (Å²) in [7, 11) is 0. The first-order valence-corrected chi connectivity index (χ1v) is 12.2. The zero-order chi connectivity index (χ0) is 25.0. The molecule has 2 N–H and O–H groups in total. The fourth-order valence-corrected chi connectivity index (χ4v) is 5.26. The van der Waals surface area contributed by atoms with Crippen LogP contribution in [0.15, 0.2) is 28.7 Å². The van der Waals surface area contributed by atoms with Crippen molar-refractivity contribution in [2.24, 2.45) is 0 Å². The number of carboxylic acids is 2. The number of aromatic carboxylic acids is 1. The van der Waals surface area contributed by atoms with E-state index in [1.54, 1.807) is 23.1 Å². The maximum absolute atomic E-state index is 12.2. The number of ether oxygens (including phenoxy) is 3. The lowest BCUT2D eigenvalue weighted by atomic mass is 10.1. The summed E-state index contributed by atoms with van der Waals surface area (Å²) in [5.41, 5.74) is 0.160. The molecule has 1 aliphatic heterocycles. The smallest absolute Gasteiger partial charge is 0.410 e. The molecule has 1 amide bonds. The fourth-order valence-electron chi connectivity index (χ4n) is 3.37.